The normalized spacial score (nSPS) is 13.1. The molecule has 0 radical (unpaired) electrons. The summed E-state index contributed by atoms with van der Waals surface area (Å²) >= 11 is 0. The first-order chi connectivity index (χ1) is 11.8. The maximum Gasteiger partial charge on any atom is 0.255 e. The first-order valence-corrected chi connectivity index (χ1v) is 8.06. The number of nitrogens with one attached hydrogen (secondary N) is 1. The van der Waals surface area contributed by atoms with Gasteiger partial charge in [0.1, 0.15) is 5.76 Å². The van der Waals surface area contributed by atoms with Gasteiger partial charge in [0, 0.05) is 11.3 Å². The Morgan fingerprint density at radius 1 is 1.40 bits per heavy atom. The number of rotatable bonds is 7. The number of nitrogens with two attached hydrogens (primary N) is 2. The van der Waals surface area contributed by atoms with E-state index in [9.17, 15) is 4.79 Å². The number of aliphatic imine (C=N–C) groups is 1. The number of carbonyl (C=O) groups is 1. The van der Waals surface area contributed by atoms with Gasteiger partial charge in [-0.3, -0.25) is 4.79 Å². The standard InChI is InChI=1S/C19H24N4O2/c1-5-11-19(3,21)16-15(14(6-2)18(22-4)25-16)23-17(24)12-7-9-13(20)10-8-12/h6-10H,2,4-5,11,20-21H2,1,3H3,(H,23,24). The van der Waals surface area contributed by atoms with Crippen LogP contribution in [0.4, 0.5) is 17.3 Å². The zero-order valence-electron chi connectivity index (χ0n) is 14.6. The maximum atomic E-state index is 12.6. The highest BCUT2D eigenvalue weighted by Gasteiger charge is 2.32. The predicted molar refractivity (Wildman–Crippen MR) is 103 cm³/mol. The molecule has 0 saturated carbocycles. The minimum Gasteiger partial charge on any atom is -0.439 e. The molecule has 5 N–H and O–H groups in total. The van der Waals surface area contributed by atoms with Gasteiger partial charge in [-0.2, -0.15) is 0 Å². The fourth-order valence-electron chi connectivity index (χ4n) is 2.72. The number of furan rings is 1. The van der Waals surface area contributed by atoms with Crippen molar-refractivity contribution >= 4 is 36.0 Å². The number of nitrogen functional groups attached to an aromatic ring is 1. The first kappa shape index (κ1) is 18.5. The summed E-state index contributed by atoms with van der Waals surface area (Å²) in [7, 11) is 0. The molecule has 2 rings (SSSR count). The predicted octanol–water partition coefficient (Wildman–Crippen LogP) is 4.06. The molecule has 1 atom stereocenters. The maximum absolute atomic E-state index is 12.6. The molecule has 0 bridgehead atoms. The van der Waals surface area contributed by atoms with E-state index in [4.69, 9.17) is 15.9 Å². The minimum atomic E-state index is -0.765. The summed E-state index contributed by atoms with van der Waals surface area (Å²) in [5.74, 6) is 0.439. The Kier molecular flexibility index (Phi) is 5.44. The molecule has 1 unspecified atom stereocenters. The number of amides is 1. The van der Waals surface area contributed by atoms with Crippen LogP contribution in [0, 0.1) is 0 Å². The van der Waals surface area contributed by atoms with E-state index in [1.807, 2.05) is 13.8 Å². The van der Waals surface area contributed by atoms with Crippen LogP contribution in [0.15, 0.2) is 40.3 Å². The van der Waals surface area contributed by atoms with Crippen LogP contribution < -0.4 is 16.8 Å². The number of nitrogens with zero attached hydrogens (tertiary/aromatic N) is 1. The lowest BCUT2D eigenvalue weighted by molar-refractivity contribution is 0.102. The molecule has 0 fully saturated rings. The Balaban J connectivity index is 2.49. The van der Waals surface area contributed by atoms with E-state index in [1.165, 1.54) is 0 Å². The van der Waals surface area contributed by atoms with Gasteiger partial charge in [-0.25, -0.2) is 4.99 Å². The van der Waals surface area contributed by atoms with Crippen LogP contribution in [-0.2, 0) is 5.54 Å². The molecule has 2 aromatic rings. The van der Waals surface area contributed by atoms with Crippen LogP contribution in [0.2, 0.25) is 0 Å². The molecule has 1 aromatic heterocycles. The summed E-state index contributed by atoms with van der Waals surface area (Å²) in [6.45, 7) is 11.2. The van der Waals surface area contributed by atoms with Crippen molar-refractivity contribution in [3.8, 4) is 0 Å². The Bertz CT molecular complexity index is 789. The molecule has 25 heavy (non-hydrogen) atoms. The van der Waals surface area contributed by atoms with Crippen molar-refractivity contribution in [2.24, 2.45) is 10.7 Å². The molecule has 1 heterocycles. The Hall–Kier alpha value is -2.86. The zero-order chi connectivity index (χ0) is 18.6. The molecule has 132 valence electrons. The van der Waals surface area contributed by atoms with Crippen LogP contribution in [0.5, 0.6) is 0 Å². The largest absolute Gasteiger partial charge is 0.439 e. The molecule has 6 nitrogen and oxygen atoms in total. The van der Waals surface area contributed by atoms with E-state index in [0.717, 1.165) is 6.42 Å². The topological polar surface area (TPSA) is 107 Å². The first-order valence-electron chi connectivity index (χ1n) is 8.06. The molecule has 0 aliphatic heterocycles. The fraction of sp³-hybridized carbons (Fsp3) is 0.263. The highest BCUT2D eigenvalue weighted by molar-refractivity contribution is 6.06. The smallest absolute Gasteiger partial charge is 0.255 e. The average Bonchev–Trinajstić information content (AvgIpc) is 2.93. The van der Waals surface area contributed by atoms with E-state index in [1.54, 1.807) is 30.3 Å². The van der Waals surface area contributed by atoms with Gasteiger partial charge in [0.2, 0.25) is 5.88 Å². The van der Waals surface area contributed by atoms with Crippen LogP contribution in [0.1, 0.15) is 48.4 Å². The summed E-state index contributed by atoms with van der Waals surface area (Å²) < 4.78 is 5.80. The molecule has 0 spiro atoms. The quantitative estimate of drug-likeness (QED) is 0.522. The minimum absolute atomic E-state index is 0.283. The van der Waals surface area contributed by atoms with Crippen molar-refractivity contribution < 1.29 is 9.21 Å². The van der Waals surface area contributed by atoms with Crippen molar-refractivity contribution in [1.29, 1.82) is 0 Å². The van der Waals surface area contributed by atoms with Gasteiger partial charge in [0.05, 0.1) is 16.8 Å². The van der Waals surface area contributed by atoms with Crippen molar-refractivity contribution in [3.05, 3.63) is 47.7 Å². The van der Waals surface area contributed by atoms with Crippen LogP contribution in [-0.4, -0.2) is 12.6 Å². The molecule has 0 aliphatic carbocycles. The summed E-state index contributed by atoms with van der Waals surface area (Å²) in [4.78, 5) is 16.5. The second kappa shape index (κ2) is 7.36. The van der Waals surface area contributed by atoms with Crippen molar-refractivity contribution in [2.75, 3.05) is 11.1 Å². The van der Waals surface area contributed by atoms with Crippen LogP contribution in [0.25, 0.3) is 6.08 Å². The fourth-order valence-corrected chi connectivity index (χ4v) is 2.72. The van der Waals surface area contributed by atoms with E-state index in [2.05, 4.69) is 23.6 Å². The molecule has 0 saturated heterocycles. The number of benzene rings is 1. The van der Waals surface area contributed by atoms with Crippen LogP contribution in [0.3, 0.4) is 0 Å². The van der Waals surface area contributed by atoms with Gasteiger partial charge in [0.25, 0.3) is 5.91 Å². The Morgan fingerprint density at radius 2 is 2.04 bits per heavy atom. The SMILES string of the molecule is C=Cc1c(N=C)oc(C(C)(N)CCC)c1NC(=O)c1ccc(N)cc1. The molecular formula is C19H24N4O2. The van der Waals surface area contributed by atoms with Crippen molar-refractivity contribution in [1.82, 2.24) is 0 Å². The van der Waals surface area contributed by atoms with Gasteiger partial charge in [-0.15, -0.1) is 0 Å². The lowest BCUT2D eigenvalue weighted by Crippen LogP contribution is -2.33. The van der Waals surface area contributed by atoms with E-state index >= 15 is 0 Å². The second-order valence-corrected chi connectivity index (χ2v) is 6.13. The van der Waals surface area contributed by atoms with Crippen LogP contribution >= 0.6 is 0 Å². The van der Waals surface area contributed by atoms with E-state index in [0.29, 0.717) is 34.7 Å². The van der Waals surface area contributed by atoms with E-state index < -0.39 is 5.54 Å². The number of anilines is 2. The lowest BCUT2D eigenvalue weighted by Gasteiger charge is -2.23. The third kappa shape index (κ3) is 3.80. The number of hydrogen-bond donors (Lipinski definition) is 3. The van der Waals surface area contributed by atoms with Gasteiger partial charge in [-0.1, -0.05) is 26.0 Å². The molecule has 6 heteroatoms. The Morgan fingerprint density at radius 3 is 2.56 bits per heavy atom. The second-order valence-electron chi connectivity index (χ2n) is 6.13. The van der Waals surface area contributed by atoms with Gasteiger partial charge in [-0.05, 0) is 44.3 Å². The lowest BCUT2D eigenvalue weighted by atomic mass is 9.92. The monoisotopic (exact) mass is 340 g/mol. The number of carbonyl (C=O) groups excluding carboxylic acids is 1. The number of hydrogen-bond acceptors (Lipinski definition) is 5. The zero-order valence-corrected chi connectivity index (χ0v) is 14.6. The summed E-state index contributed by atoms with van der Waals surface area (Å²) in [6.07, 6.45) is 3.11. The van der Waals surface area contributed by atoms with Gasteiger partial charge < -0.3 is 21.2 Å². The highest BCUT2D eigenvalue weighted by Crippen LogP contribution is 2.41. The van der Waals surface area contributed by atoms with Gasteiger partial charge in [0.15, 0.2) is 0 Å². The molecule has 0 aliphatic rings. The van der Waals surface area contributed by atoms with Crippen molar-refractivity contribution in [2.45, 2.75) is 32.2 Å². The summed E-state index contributed by atoms with van der Waals surface area (Å²) in [5, 5.41) is 2.87. The van der Waals surface area contributed by atoms with Crippen molar-refractivity contribution in [3.63, 3.8) is 0 Å². The average molecular weight is 340 g/mol. The highest BCUT2D eigenvalue weighted by atomic mass is 16.4. The third-order valence-corrected chi connectivity index (χ3v) is 3.97. The summed E-state index contributed by atoms with van der Waals surface area (Å²) in [6, 6.07) is 6.64. The van der Waals surface area contributed by atoms with E-state index in [-0.39, 0.29) is 11.8 Å². The third-order valence-electron chi connectivity index (χ3n) is 3.97. The van der Waals surface area contributed by atoms with Gasteiger partial charge >= 0.3 is 0 Å². The Labute approximate surface area is 147 Å². The molecular weight excluding hydrogens is 316 g/mol. The molecule has 1 amide bonds. The molecule has 1 aromatic carbocycles. The summed E-state index contributed by atoms with van der Waals surface area (Å²) in [5.41, 5.74) is 13.4.